The summed E-state index contributed by atoms with van der Waals surface area (Å²) in [5.41, 5.74) is -0.837. The average molecular weight is 197 g/mol. The lowest BCUT2D eigenvalue weighted by Gasteiger charge is -2.22. The number of carbonyl (C=O) groups excluding carboxylic acids is 2. The first-order valence-corrected chi connectivity index (χ1v) is 5.17. The van der Waals surface area contributed by atoms with Gasteiger partial charge in [0.2, 0.25) is 5.91 Å². The van der Waals surface area contributed by atoms with Crippen LogP contribution in [0.15, 0.2) is 0 Å². The molecule has 0 unspecified atom stereocenters. The Hall–Kier alpha value is -1.06. The molecule has 0 spiro atoms. The number of hydrogen-bond donors (Lipinski definition) is 1. The predicted octanol–water partition coefficient (Wildman–Crippen LogP) is 0.466. The molecule has 0 aromatic carbocycles. The maximum absolute atomic E-state index is 11.8. The zero-order valence-corrected chi connectivity index (χ0v) is 8.34. The first kappa shape index (κ1) is 9.49. The van der Waals surface area contributed by atoms with Gasteiger partial charge in [-0.25, -0.2) is 0 Å². The first-order valence-electron chi connectivity index (χ1n) is 5.17. The summed E-state index contributed by atoms with van der Waals surface area (Å²) in [6.07, 6.45) is 2.57. The van der Waals surface area contributed by atoms with E-state index in [0.717, 1.165) is 12.8 Å². The van der Waals surface area contributed by atoms with Gasteiger partial charge in [0, 0.05) is 12.5 Å². The third-order valence-corrected chi connectivity index (χ3v) is 3.37. The van der Waals surface area contributed by atoms with Crippen molar-refractivity contribution >= 4 is 11.9 Å². The molecule has 0 aromatic rings. The van der Waals surface area contributed by atoms with E-state index in [4.69, 9.17) is 4.74 Å². The van der Waals surface area contributed by atoms with E-state index in [0.29, 0.717) is 19.6 Å². The standard InChI is InChI=1S/C10H15NO3/c1-2-14-9(13)10-5-3-4-7(10)6-11-8(10)12/h7H,2-6H2,1H3,(H,11,12)/t7-,10+/m1/s1. The quantitative estimate of drug-likeness (QED) is 0.517. The molecule has 0 aromatic heterocycles. The lowest BCUT2D eigenvalue weighted by molar-refractivity contribution is -0.160. The SMILES string of the molecule is CCOC(=O)[C@@]12CCC[C@@H]1CNC2=O. The monoisotopic (exact) mass is 197 g/mol. The second kappa shape index (κ2) is 3.26. The van der Waals surface area contributed by atoms with Gasteiger partial charge in [-0.15, -0.1) is 0 Å². The fraction of sp³-hybridized carbons (Fsp3) is 0.800. The van der Waals surface area contributed by atoms with Crippen LogP contribution in [0.4, 0.5) is 0 Å². The van der Waals surface area contributed by atoms with E-state index in [9.17, 15) is 9.59 Å². The van der Waals surface area contributed by atoms with Gasteiger partial charge in [0.05, 0.1) is 6.61 Å². The number of amides is 1. The van der Waals surface area contributed by atoms with Crippen molar-refractivity contribution in [1.82, 2.24) is 5.32 Å². The topological polar surface area (TPSA) is 55.4 Å². The van der Waals surface area contributed by atoms with Gasteiger partial charge < -0.3 is 10.1 Å². The van der Waals surface area contributed by atoms with Crippen molar-refractivity contribution in [3.8, 4) is 0 Å². The van der Waals surface area contributed by atoms with Gasteiger partial charge in [-0.05, 0) is 19.8 Å². The van der Waals surface area contributed by atoms with E-state index in [2.05, 4.69) is 5.32 Å². The van der Waals surface area contributed by atoms with Gasteiger partial charge in [-0.2, -0.15) is 0 Å². The molecule has 4 heteroatoms. The summed E-state index contributed by atoms with van der Waals surface area (Å²) in [6, 6.07) is 0. The molecule has 1 aliphatic carbocycles. The number of fused-ring (bicyclic) bond motifs is 1. The summed E-state index contributed by atoms with van der Waals surface area (Å²) in [5, 5.41) is 2.76. The Bertz CT molecular complexity index is 277. The molecule has 1 amide bonds. The van der Waals surface area contributed by atoms with Crippen LogP contribution in [0.25, 0.3) is 0 Å². The smallest absolute Gasteiger partial charge is 0.321 e. The highest BCUT2D eigenvalue weighted by atomic mass is 16.5. The maximum Gasteiger partial charge on any atom is 0.321 e. The van der Waals surface area contributed by atoms with E-state index < -0.39 is 5.41 Å². The van der Waals surface area contributed by atoms with Crippen molar-refractivity contribution in [2.24, 2.45) is 11.3 Å². The summed E-state index contributed by atoms with van der Waals surface area (Å²) >= 11 is 0. The highest BCUT2D eigenvalue weighted by Gasteiger charge is 2.59. The van der Waals surface area contributed by atoms with Crippen LogP contribution in [0.3, 0.4) is 0 Å². The number of esters is 1. The maximum atomic E-state index is 11.8. The highest BCUT2D eigenvalue weighted by molar-refractivity contribution is 6.05. The molecule has 1 heterocycles. The minimum Gasteiger partial charge on any atom is -0.465 e. The van der Waals surface area contributed by atoms with E-state index in [1.165, 1.54) is 0 Å². The van der Waals surface area contributed by atoms with Crippen molar-refractivity contribution in [2.45, 2.75) is 26.2 Å². The fourth-order valence-corrected chi connectivity index (χ4v) is 2.65. The molecule has 0 radical (unpaired) electrons. The number of rotatable bonds is 2. The van der Waals surface area contributed by atoms with Gasteiger partial charge in [0.1, 0.15) is 0 Å². The van der Waals surface area contributed by atoms with Crippen molar-refractivity contribution in [1.29, 1.82) is 0 Å². The van der Waals surface area contributed by atoms with E-state index in [1.807, 2.05) is 0 Å². The molecule has 1 saturated carbocycles. The zero-order valence-electron chi connectivity index (χ0n) is 8.34. The van der Waals surface area contributed by atoms with Crippen molar-refractivity contribution < 1.29 is 14.3 Å². The lowest BCUT2D eigenvalue weighted by atomic mass is 9.80. The molecule has 0 bridgehead atoms. The lowest BCUT2D eigenvalue weighted by Crippen LogP contribution is -2.41. The summed E-state index contributed by atoms with van der Waals surface area (Å²) in [5.74, 6) is -0.287. The van der Waals surface area contributed by atoms with Crippen LogP contribution in [0, 0.1) is 11.3 Å². The fourth-order valence-electron chi connectivity index (χ4n) is 2.65. The molecule has 2 atom stereocenters. The Morgan fingerprint density at radius 1 is 1.71 bits per heavy atom. The third-order valence-electron chi connectivity index (χ3n) is 3.37. The zero-order chi connectivity index (χ0) is 10.2. The van der Waals surface area contributed by atoms with E-state index >= 15 is 0 Å². The highest BCUT2D eigenvalue weighted by Crippen LogP contribution is 2.47. The number of ether oxygens (including phenoxy) is 1. The summed E-state index contributed by atoms with van der Waals surface area (Å²) < 4.78 is 5.00. The van der Waals surface area contributed by atoms with Crippen molar-refractivity contribution in [3.05, 3.63) is 0 Å². The van der Waals surface area contributed by atoms with Gasteiger partial charge >= 0.3 is 5.97 Å². The Labute approximate surface area is 83.0 Å². The van der Waals surface area contributed by atoms with Crippen LogP contribution < -0.4 is 5.32 Å². The molecular weight excluding hydrogens is 182 g/mol. The second-order valence-electron chi connectivity index (χ2n) is 3.99. The Kier molecular flexibility index (Phi) is 2.21. The summed E-state index contributed by atoms with van der Waals surface area (Å²) in [4.78, 5) is 23.5. The van der Waals surface area contributed by atoms with Gasteiger partial charge in [0.15, 0.2) is 5.41 Å². The van der Waals surface area contributed by atoms with E-state index in [-0.39, 0.29) is 17.8 Å². The third kappa shape index (κ3) is 1.06. The molecule has 4 nitrogen and oxygen atoms in total. The molecule has 78 valence electrons. The molecule has 1 saturated heterocycles. The van der Waals surface area contributed by atoms with Crippen molar-refractivity contribution in [2.75, 3.05) is 13.2 Å². The van der Waals surface area contributed by atoms with Crippen LogP contribution in [-0.4, -0.2) is 25.0 Å². The summed E-state index contributed by atoms with van der Waals surface area (Å²) in [7, 11) is 0. The molecule has 1 N–H and O–H groups in total. The number of hydrogen-bond acceptors (Lipinski definition) is 3. The van der Waals surface area contributed by atoms with E-state index in [1.54, 1.807) is 6.92 Å². The molecule has 2 rings (SSSR count). The Morgan fingerprint density at radius 2 is 2.50 bits per heavy atom. The molecule has 2 aliphatic rings. The predicted molar refractivity (Wildman–Crippen MR) is 49.4 cm³/mol. The number of carbonyl (C=O) groups is 2. The van der Waals surface area contributed by atoms with Crippen LogP contribution in [-0.2, 0) is 14.3 Å². The van der Waals surface area contributed by atoms with Gasteiger partial charge in [0.25, 0.3) is 0 Å². The summed E-state index contributed by atoms with van der Waals surface area (Å²) in [6.45, 7) is 2.75. The van der Waals surface area contributed by atoms with Gasteiger partial charge in [-0.3, -0.25) is 9.59 Å². The number of nitrogens with one attached hydrogen (secondary N) is 1. The minimum atomic E-state index is -0.837. The Balaban J connectivity index is 2.26. The second-order valence-corrected chi connectivity index (χ2v) is 3.99. The molecule has 2 fully saturated rings. The Morgan fingerprint density at radius 3 is 3.21 bits per heavy atom. The minimum absolute atomic E-state index is 0.126. The van der Waals surface area contributed by atoms with Crippen LogP contribution in [0.2, 0.25) is 0 Å². The van der Waals surface area contributed by atoms with Gasteiger partial charge in [-0.1, -0.05) is 6.42 Å². The molecule has 1 aliphatic heterocycles. The average Bonchev–Trinajstić information content (AvgIpc) is 2.68. The van der Waals surface area contributed by atoms with Crippen LogP contribution in [0.5, 0.6) is 0 Å². The normalized spacial score (nSPS) is 35.2. The molecular formula is C10H15NO3. The molecule has 14 heavy (non-hydrogen) atoms. The van der Waals surface area contributed by atoms with Crippen molar-refractivity contribution in [3.63, 3.8) is 0 Å². The van der Waals surface area contributed by atoms with Crippen LogP contribution in [0.1, 0.15) is 26.2 Å². The largest absolute Gasteiger partial charge is 0.465 e. The first-order chi connectivity index (χ1) is 6.71. The van der Waals surface area contributed by atoms with Crippen LogP contribution >= 0.6 is 0 Å².